The second kappa shape index (κ2) is 4.96. The second-order valence-electron chi connectivity index (χ2n) is 6.06. The lowest BCUT2D eigenvalue weighted by atomic mass is 9.93. The maximum absolute atomic E-state index is 9.31. The van der Waals surface area contributed by atoms with Crippen molar-refractivity contribution in [3.63, 3.8) is 0 Å². The van der Waals surface area contributed by atoms with Crippen LogP contribution in [0.1, 0.15) is 46.5 Å². The van der Waals surface area contributed by atoms with Gasteiger partial charge >= 0.3 is 0 Å². The number of nitrogens with zero attached hydrogens (tertiary/aromatic N) is 2. The van der Waals surface area contributed by atoms with Gasteiger partial charge in [0.15, 0.2) is 0 Å². The molecule has 0 radical (unpaired) electrons. The topological polar surface area (TPSA) is 39.1 Å². The molecule has 1 saturated heterocycles. The van der Waals surface area contributed by atoms with Gasteiger partial charge in [0.05, 0.1) is 6.07 Å². The van der Waals surface area contributed by atoms with Gasteiger partial charge in [0.2, 0.25) is 0 Å². The van der Waals surface area contributed by atoms with Gasteiger partial charge in [-0.1, -0.05) is 6.92 Å². The fourth-order valence-corrected chi connectivity index (χ4v) is 3.76. The summed E-state index contributed by atoms with van der Waals surface area (Å²) >= 11 is 0. The lowest BCUT2D eigenvalue weighted by Gasteiger charge is -2.36. The molecule has 1 aliphatic heterocycles. The molecule has 4 unspecified atom stereocenters. The zero-order valence-electron chi connectivity index (χ0n) is 11.4. The Kier molecular flexibility index (Phi) is 3.75. The molecule has 0 aromatic carbocycles. The normalized spacial score (nSPS) is 33.3. The van der Waals surface area contributed by atoms with Crippen LogP contribution in [-0.2, 0) is 0 Å². The summed E-state index contributed by atoms with van der Waals surface area (Å²) in [7, 11) is 0. The Hall–Kier alpha value is -0.590. The van der Waals surface area contributed by atoms with Gasteiger partial charge in [0.25, 0.3) is 0 Å². The van der Waals surface area contributed by atoms with Gasteiger partial charge in [-0.25, -0.2) is 0 Å². The maximum atomic E-state index is 9.31. The van der Waals surface area contributed by atoms with Crippen LogP contribution in [0, 0.1) is 17.2 Å². The molecular formula is C14H25N3. The first-order chi connectivity index (χ1) is 8.08. The van der Waals surface area contributed by atoms with Crippen molar-refractivity contribution in [1.82, 2.24) is 10.2 Å². The molecular weight excluding hydrogens is 210 g/mol. The van der Waals surface area contributed by atoms with Gasteiger partial charge in [-0.05, 0) is 52.0 Å². The molecule has 0 amide bonds. The Morgan fingerprint density at radius 2 is 2.29 bits per heavy atom. The average molecular weight is 235 g/mol. The predicted molar refractivity (Wildman–Crippen MR) is 69.6 cm³/mol. The first-order valence-corrected chi connectivity index (χ1v) is 7.00. The van der Waals surface area contributed by atoms with E-state index in [1.807, 2.05) is 6.92 Å². The fourth-order valence-electron chi connectivity index (χ4n) is 3.76. The number of hydrogen-bond donors (Lipinski definition) is 1. The highest BCUT2D eigenvalue weighted by molar-refractivity contribution is 5.06. The van der Waals surface area contributed by atoms with Crippen LogP contribution in [0.3, 0.4) is 0 Å². The van der Waals surface area contributed by atoms with Gasteiger partial charge in [-0.3, -0.25) is 10.2 Å². The zero-order chi connectivity index (χ0) is 12.5. The molecule has 3 heteroatoms. The quantitative estimate of drug-likeness (QED) is 0.793. The minimum Gasteiger partial charge on any atom is -0.300 e. The van der Waals surface area contributed by atoms with Gasteiger partial charge in [-0.15, -0.1) is 0 Å². The first-order valence-electron chi connectivity index (χ1n) is 7.00. The highest BCUT2D eigenvalue weighted by atomic mass is 15.2. The van der Waals surface area contributed by atoms with Gasteiger partial charge in [0.1, 0.15) is 5.54 Å². The van der Waals surface area contributed by atoms with Crippen molar-refractivity contribution in [1.29, 1.82) is 5.26 Å². The summed E-state index contributed by atoms with van der Waals surface area (Å²) < 4.78 is 0. The third-order valence-corrected chi connectivity index (χ3v) is 4.54. The van der Waals surface area contributed by atoms with Gasteiger partial charge in [-0.2, -0.15) is 5.26 Å². The summed E-state index contributed by atoms with van der Waals surface area (Å²) in [6.07, 6.45) is 5.13. The summed E-state index contributed by atoms with van der Waals surface area (Å²) in [5.74, 6) is 0.940. The summed E-state index contributed by atoms with van der Waals surface area (Å²) in [6, 6.07) is 3.77. The number of rotatable bonds is 5. The molecule has 1 saturated carbocycles. The number of nitrogens with one attached hydrogen (secondary N) is 1. The number of likely N-dealkylation sites (tertiary alicyclic amines) is 1. The van der Waals surface area contributed by atoms with Crippen LogP contribution < -0.4 is 5.32 Å². The molecule has 3 nitrogen and oxygen atoms in total. The van der Waals surface area contributed by atoms with Crippen molar-refractivity contribution < 1.29 is 0 Å². The van der Waals surface area contributed by atoms with E-state index in [1.54, 1.807) is 0 Å². The lowest BCUT2D eigenvalue weighted by molar-refractivity contribution is 0.136. The van der Waals surface area contributed by atoms with Crippen molar-refractivity contribution in [2.75, 3.05) is 13.1 Å². The molecule has 1 N–H and O–H groups in total. The van der Waals surface area contributed by atoms with Crippen LogP contribution >= 0.6 is 0 Å². The summed E-state index contributed by atoms with van der Waals surface area (Å²) in [6.45, 7) is 8.51. The van der Waals surface area contributed by atoms with Crippen LogP contribution in [0.25, 0.3) is 0 Å². The molecule has 96 valence electrons. The first kappa shape index (κ1) is 12.9. The van der Waals surface area contributed by atoms with Crippen molar-refractivity contribution >= 4 is 0 Å². The minimum absolute atomic E-state index is 0.365. The molecule has 0 spiro atoms. The van der Waals surface area contributed by atoms with Crippen LogP contribution in [0.15, 0.2) is 0 Å². The van der Waals surface area contributed by atoms with Crippen LogP contribution in [0.2, 0.25) is 0 Å². The smallest absolute Gasteiger partial charge is 0.105 e. The second-order valence-corrected chi connectivity index (χ2v) is 6.06. The number of hydrogen-bond acceptors (Lipinski definition) is 3. The Balaban J connectivity index is 1.92. The summed E-state index contributed by atoms with van der Waals surface area (Å²) in [5.41, 5.74) is -0.365. The van der Waals surface area contributed by atoms with E-state index >= 15 is 0 Å². The summed E-state index contributed by atoms with van der Waals surface area (Å²) in [4.78, 5) is 2.64. The zero-order valence-corrected chi connectivity index (χ0v) is 11.4. The Bertz CT molecular complexity index is 309. The third kappa shape index (κ3) is 2.64. The lowest BCUT2D eigenvalue weighted by Crippen LogP contribution is -2.48. The number of piperidine rings is 1. The van der Waals surface area contributed by atoms with E-state index in [9.17, 15) is 5.26 Å². The van der Waals surface area contributed by atoms with E-state index in [-0.39, 0.29) is 5.54 Å². The molecule has 17 heavy (non-hydrogen) atoms. The Morgan fingerprint density at radius 1 is 1.53 bits per heavy atom. The monoisotopic (exact) mass is 235 g/mol. The van der Waals surface area contributed by atoms with Crippen molar-refractivity contribution in [3.8, 4) is 6.07 Å². The SMILES string of the molecule is CCNC(C)(C#N)CC(C)N1CC2CCC1C2. The standard InChI is InChI=1S/C14H25N3/c1-4-16-14(3,10-15)8-11(2)17-9-12-5-6-13(17)7-12/h11-13,16H,4-9H2,1-3H3. The molecule has 4 atom stereocenters. The maximum Gasteiger partial charge on any atom is 0.105 e. The molecule has 2 bridgehead atoms. The predicted octanol–water partition coefficient (Wildman–Crippen LogP) is 2.14. The van der Waals surface area contributed by atoms with Crippen molar-refractivity contribution in [2.45, 2.75) is 64.1 Å². The number of nitriles is 1. The van der Waals surface area contributed by atoms with E-state index in [1.165, 1.54) is 25.8 Å². The fraction of sp³-hybridized carbons (Fsp3) is 0.929. The van der Waals surface area contributed by atoms with E-state index in [0.29, 0.717) is 6.04 Å². The van der Waals surface area contributed by atoms with E-state index in [4.69, 9.17) is 0 Å². The van der Waals surface area contributed by atoms with Crippen molar-refractivity contribution in [3.05, 3.63) is 0 Å². The molecule has 0 aromatic rings. The Labute approximate surface area is 105 Å². The van der Waals surface area contributed by atoms with Gasteiger partial charge < -0.3 is 0 Å². The molecule has 2 aliphatic rings. The average Bonchev–Trinajstić information content (AvgIpc) is 2.91. The van der Waals surface area contributed by atoms with Crippen LogP contribution in [-0.4, -0.2) is 35.6 Å². The summed E-state index contributed by atoms with van der Waals surface area (Å²) in [5, 5.41) is 12.6. The van der Waals surface area contributed by atoms with Crippen LogP contribution in [0.5, 0.6) is 0 Å². The highest BCUT2D eigenvalue weighted by Gasteiger charge is 2.41. The van der Waals surface area contributed by atoms with E-state index < -0.39 is 0 Å². The van der Waals surface area contributed by atoms with Crippen molar-refractivity contribution in [2.24, 2.45) is 5.92 Å². The molecule has 2 rings (SSSR count). The molecule has 1 heterocycles. The van der Waals surface area contributed by atoms with E-state index in [0.717, 1.165) is 24.9 Å². The van der Waals surface area contributed by atoms with E-state index in [2.05, 4.69) is 30.1 Å². The molecule has 2 fully saturated rings. The van der Waals surface area contributed by atoms with Crippen LogP contribution in [0.4, 0.5) is 0 Å². The highest BCUT2D eigenvalue weighted by Crippen LogP contribution is 2.39. The largest absolute Gasteiger partial charge is 0.300 e. The third-order valence-electron chi connectivity index (χ3n) is 4.54. The molecule has 0 aromatic heterocycles. The number of fused-ring (bicyclic) bond motifs is 2. The minimum atomic E-state index is -0.365. The molecule has 1 aliphatic carbocycles. The Morgan fingerprint density at radius 3 is 2.76 bits per heavy atom. The van der Waals surface area contributed by atoms with Gasteiger partial charge in [0, 0.05) is 18.6 Å².